The Morgan fingerprint density at radius 3 is 2.85 bits per heavy atom. The molecule has 2 unspecified atom stereocenters. The van der Waals surface area contributed by atoms with Gasteiger partial charge in [0.1, 0.15) is 5.60 Å². The lowest BCUT2D eigenvalue weighted by Gasteiger charge is -2.39. The number of hydrogen-bond acceptors (Lipinski definition) is 6. The van der Waals surface area contributed by atoms with E-state index in [0.29, 0.717) is 43.3 Å². The van der Waals surface area contributed by atoms with Crippen LogP contribution in [0.1, 0.15) is 32.4 Å². The van der Waals surface area contributed by atoms with Gasteiger partial charge in [0.25, 0.3) is 0 Å². The van der Waals surface area contributed by atoms with Crippen molar-refractivity contribution >= 4 is 23.7 Å². The molecule has 0 radical (unpaired) electrons. The summed E-state index contributed by atoms with van der Waals surface area (Å²) in [5.74, 6) is 0.759. The maximum absolute atomic E-state index is 12.3. The number of nitrogens with zero attached hydrogens (tertiary/aromatic N) is 3. The molecule has 1 amide bonds. The van der Waals surface area contributed by atoms with Crippen LogP contribution in [-0.4, -0.2) is 71.3 Å². The van der Waals surface area contributed by atoms with E-state index in [1.807, 2.05) is 39.0 Å². The van der Waals surface area contributed by atoms with Crippen molar-refractivity contribution in [2.75, 3.05) is 32.7 Å². The molecular weight excluding hydrogens is 368 g/mol. The van der Waals surface area contributed by atoms with Gasteiger partial charge in [0.2, 0.25) is 0 Å². The molecule has 2 N–H and O–H groups in total. The number of amides is 1. The Hall–Kier alpha value is -1.99. The predicted octanol–water partition coefficient (Wildman–Crippen LogP) is 2.25. The highest BCUT2D eigenvalue weighted by atomic mass is 35.5. The minimum atomic E-state index is -0.719. The molecule has 1 aromatic rings. The van der Waals surface area contributed by atoms with Gasteiger partial charge in [0, 0.05) is 36.8 Å². The molecule has 148 valence electrons. The second-order valence-corrected chi connectivity index (χ2v) is 8.26. The highest BCUT2D eigenvalue weighted by molar-refractivity contribution is 6.31. The van der Waals surface area contributed by atoms with Gasteiger partial charge in [-0.25, -0.2) is 4.79 Å². The summed E-state index contributed by atoms with van der Waals surface area (Å²) < 4.78 is 5.46. The van der Waals surface area contributed by atoms with E-state index in [4.69, 9.17) is 16.3 Å². The van der Waals surface area contributed by atoms with Crippen LogP contribution in [0.25, 0.3) is 0 Å². The van der Waals surface area contributed by atoms with Crippen molar-refractivity contribution in [3.8, 4) is 0 Å². The number of aliphatic imine (C=N–C) groups is 1. The summed E-state index contributed by atoms with van der Waals surface area (Å²) in [7, 11) is 0. The number of fused-ring (bicyclic) bond motifs is 1. The second-order valence-electron chi connectivity index (χ2n) is 7.86. The molecule has 0 aromatic heterocycles. The summed E-state index contributed by atoms with van der Waals surface area (Å²) in [5.41, 5.74) is 0.193. The van der Waals surface area contributed by atoms with E-state index in [1.165, 1.54) is 0 Å². The molecule has 8 heteroatoms. The van der Waals surface area contributed by atoms with Gasteiger partial charge in [0.05, 0.1) is 18.7 Å². The van der Waals surface area contributed by atoms with E-state index in [2.05, 4.69) is 15.2 Å². The van der Waals surface area contributed by atoms with Crippen LogP contribution >= 0.6 is 11.6 Å². The van der Waals surface area contributed by atoms with Crippen molar-refractivity contribution in [3.05, 3.63) is 34.9 Å². The molecule has 1 aromatic carbocycles. The number of carbonyl (C=O) groups is 1. The zero-order valence-electron chi connectivity index (χ0n) is 16.0. The lowest BCUT2D eigenvalue weighted by atomic mass is 10.1. The fourth-order valence-electron chi connectivity index (χ4n) is 3.27. The molecule has 0 spiro atoms. The van der Waals surface area contributed by atoms with E-state index in [-0.39, 0.29) is 12.1 Å². The van der Waals surface area contributed by atoms with Crippen LogP contribution in [0, 0.1) is 0 Å². The van der Waals surface area contributed by atoms with E-state index < -0.39 is 11.7 Å². The summed E-state index contributed by atoms with van der Waals surface area (Å²) in [6.07, 6.45) is -0.999. The van der Waals surface area contributed by atoms with Crippen molar-refractivity contribution in [3.63, 3.8) is 0 Å². The van der Waals surface area contributed by atoms with Gasteiger partial charge < -0.3 is 25.0 Å². The molecule has 3 rings (SSSR count). The highest BCUT2D eigenvalue weighted by Crippen LogP contribution is 2.23. The predicted molar refractivity (Wildman–Crippen MR) is 105 cm³/mol. The monoisotopic (exact) mass is 394 g/mol. The molecule has 7 nitrogen and oxygen atoms in total. The number of rotatable bonds is 3. The molecule has 27 heavy (non-hydrogen) atoms. The smallest absolute Gasteiger partial charge is 0.410 e. The number of hydrogen-bond donors (Lipinski definition) is 2. The Balaban J connectivity index is 1.52. The van der Waals surface area contributed by atoms with Gasteiger partial charge in [-0.2, -0.15) is 0 Å². The van der Waals surface area contributed by atoms with E-state index in [1.54, 1.807) is 11.0 Å². The third-order valence-electron chi connectivity index (χ3n) is 4.58. The summed E-state index contributed by atoms with van der Waals surface area (Å²) in [6.45, 7) is 8.38. The van der Waals surface area contributed by atoms with Gasteiger partial charge in [-0.1, -0.05) is 29.8 Å². The molecule has 2 heterocycles. The molecule has 1 fully saturated rings. The molecule has 0 aliphatic carbocycles. The Morgan fingerprint density at radius 2 is 2.15 bits per heavy atom. The fraction of sp³-hybridized carbons (Fsp3) is 0.579. The SMILES string of the molecule is CC(C)(C)OC(=O)N1CCN2C(NCC(O)c3ccccc3Cl)=NCC2C1. The number of carbonyl (C=O) groups excluding carboxylic acids is 1. The molecule has 2 aliphatic rings. The molecule has 0 bridgehead atoms. The summed E-state index contributed by atoms with van der Waals surface area (Å²) in [5, 5.41) is 14.2. The van der Waals surface area contributed by atoms with Crippen LogP contribution in [0.2, 0.25) is 5.02 Å². The van der Waals surface area contributed by atoms with Gasteiger partial charge in [0.15, 0.2) is 5.96 Å². The van der Waals surface area contributed by atoms with Crippen molar-refractivity contribution in [1.82, 2.24) is 15.1 Å². The Labute approximate surface area is 165 Å². The number of guanidine groups is 1. The zero-order chi connectivity index (χ0) is 19.6. The summed E-state index contributed by atoms with van der Waals surface area (Å²) in [6, 6.07) is 7.39. The van der Waals surface area contributed by atoms with Crippen LogP contribution in [0.4, 0.5) is 4.79 Å². The number of nitrogens with one attached hydrogen (secondary N) is 1. The first-order chi connectivity index (χ1) is 12.7. The van der Waals surface area contributed by atoms with Crippen molar-refractivity contribution in [2.45, 2.75) is 38.5 Å². The molecule has 2 aliphatic heterocycles. The number of aliphatic hydroxyl groups excluding tert-OH is 1. The Morgan fingerprint density at radius 1 is 1.41 bits per heavy atom. The maximum atomic E-state index is 12.3. The normalized spacial score (nSPS) is 20.8. The maximum Gasteiger partial charge on any atom is 0.410 e. The standard InChI is InChI=1S/C19H27ClN4O3/c1-19(2,3)27-18(26)23-8-9-24-13(12-23)10-21-17(24)22-11-16(25)14-6-4-5-7-15(14)20/h4-7,13,16,25H,8-12H2,1-3H3,(H,21,22). The Bertz CT molecular complexity index is 719. The first-order valence-corrected chi connectivity index (χ1v) is 9.58. The fourth-order valence-corrected chi connectivity index (χ4v) is 3.53. The minimum Gasteiger partial charge on any atom is -0.444 e. The number of aliphatic hydroxyl groups is 1. The van der Waals surface area contributed by atoms with Crippen LogP contribution in [0.3, 0.4) is 0 Å². The van der Waals surface area contributed by atoms with Gasteiger partial charge in [-0.05, 0) is 26.8 Å². The summed E-state index contributed by atoms with van der Waals surface area (Å²) in [4.78, 5) is 20.7. The van der Waals surface area contributed by atoms with Crippen LogP contribution in [0.5, 0.6) is 0 Å². The quantitative estimate of drug-likeness (QED) is 0.822. The van der Waals surface area contributed by atoms with Gasteiger partial charge >= 0.3 is 6.09 Å². The van der Waals surface area contributed by atoms with E-state index >= 15 is 0 Å². The second kappa shape index (κ2) is 7.94. The van der Waals surface area contributed by atoms with E-state index in [9.17, 15) is 9.90 Å². The number of benzene rings is 1. The van der Waals surface area contributed by atoms with Crippen molar-refractivity contribution < 1.29 is 14.6 Å². The van der Waals surface area contributed by atoms with Crippen molar-refractivity contribution in [1.29, 1.82) is 0 Å². The molecule has 1 saturated heterocycles. The topological polar surface area (TPSA) is 77.4 Å². The molecular formula is C19H27ClN4O3. The Kier molecular flexibility index (Phi) is 5.81. The average molecular weight is 395 g/mol. The molecule has 2 atom stereocenters. The first kappa shape index (κ1) is 19.8. The first-order valence-electron chi connectivity index (χ1n) is 9.20. The van der Waals surface area contributed by atoms with Gasteiger partial charge in [-0.3, -0.25) is 4.99 Å². The summed E-state index contributed by atoms with van der Waals surface area (Å²) >= 11 is 6.14. The molecule has 0 saturated carbocycles. The lowest BCUT2D eigenvalue weighted by Crippen LogP contribution is -2.57. The number of piperazine rings is 1. The lowest BCUT2D eigenvalue weighted by molar-refractivity contribution is 0.0137. The van der Waals surface area contributed by atoms with Crippen molar-refractivity contribution in [2.24, 2.45) is 4.99 Å². The van der Waals surface area contributed by atoms with E-state index in [0.717, 1.165) is 5.96 Å². The highest BCUT2D eigenvalue weighted by Gasteiger charge is 2.36. The number of ether oxygens (including phenoxy) is 1. The van der Waals surface area contributed by atoms with Crippen LogP contribution < -0.4 is 5.32 Å². The van der Waals surface area contributed by atoms with Crippen LogP contribution in [0.15, 0.2) is 29.3 Å². The van der Waals surface area contributed by atoms with Gasteiger partial charge in [-0.15, -0.1) is 0 Å². The number of halogens is 1. The van der Waals surface area contributed by atoms with Crippen LogP contribution in [-0.2, 0) is 4.74 Å². The largest absolute Gasteiger partial charge is 0.444 e. The average Bonchev–Trinajstić information content (AvgIpc) is 3.01. The third-order valence-corrected chi connectivity index (χ3v) is 4.92. The minimum absolute atomic E-state index is 0.131. The zero-order valence-corrected chi connectivity index (χ0v) is 16.7. The third kappa shape index (κ3) is 4.84.